The minimum Gasteiger partial charge on any atom is -0.365 e. The summed E-state index contributed by atoms with van der Waals surface area (Å²) >= 11 is 0. The van der Waals surface area contributed by atoms with Crippen LogP contribution >= 0.6 is 0 Å². The van der Waals surface area contributed by atoms with Crippen LogP contribution in [0.4, 0.5) is 13.2 Å². The van der Waals surface area contributed by atoms with E-state index in [9.17, 15) is 13.2 Å². The van der Waals surface area contributed by atoms with Crippen LogP contribution in [-0.4, -0.2) is 17.3 Å². The maximum Gasteiger partial charge on any atom is 0.417 e. The van der Waals surface area contributed by atoms with E-state index in [-0.39, 0.29) is 6.42 Å². The van der Waals surface area contributed by atoms with Gasteiger partial charge < -0.3 is 9.72 Å². The molecule has 1 N–H and O–H groups in total. The number of benzene rings is 1. The summed E-state index contributed by atoms with van der Waals surface area (Å²) in [4.78, 5) is 2.93. The topological polar surface area (TPSA) is 28.3 Å². The van der Waals surface area contributed by atoms with Crippen molar-refractivity contribution in [2.24, 2.45) is 0 Å². The SMILES string of the molecule is FC(F)(F)C1OC1(Cc1ccc[nH]1)c1ccccc1. The molecule has 2 unspecified atom stereocenters. The summed E-state index contributed by atoms with van der Waals surface area (Å²) in [5.74, 6) is 0. The van der Waals surface area contributed by atoms with Crippen LogP contribution in [0.5, 0.6) is 0 Å². The van der Waals surface area contributed by atoms with Crippen LogP contribution in [0, 0.1) is 0 Å². The zero-order chi connectivity index (χ0) is 13.5. The van der Waals surface area contributed by atoms with Crippen LogP contribution < -0.4 is 0 Å². The third-order valence-electron chi connectivity index (χ3n) is 3.37. The number of rotatable bonds is 3. The third kappa shape index (κ3) is 2.14. The first kappa shape index (κ1) is 12.3. The van der Waals surface area contributed by atoms with Crippen molar-refractivity contribution < 1.29 is 17.9 Å². The third-order valence-corrected chi connectivity index (χ3v) is 3.37. The van der Waals surface area contributed by atoms with Gasteiger partial charge in [0.05, 0.1) is 0 Å². The quantitative estimate of drug-likeness (QED) is 0.848. The van der Waals surface area contributed by atoms with E-state index in [1.54, 1.807) is 48.7 Å². The molecule has 2 aromatic rings. The van der Waals surface area contributed by atoms with Gasteiger partial charge >= 0.3 is 6.18 Å². The van der Waals surface area contributed by atoms with Gasteiger partial charge in [-0.15, -0.1) is 0 Å². The molecule has 0 bridgehead atoms. The predicted molar refractivity (Wildman–Crippen MR) is 63.5 cm³/mol. The van der Waals surface area contributed by atoms with Gasteiger partial charge in [-0.3, -0.25) is 0 Å². The van der Waals surface area contributed by atoms with Crippen molar-refractivity contribution in [3.63, 3.8) is 0 Å². The van der Waals surface area contributed by atoms with Crippen molar-refractivity contribution in [3.05, 3.63) is 59.9 Å². The highest BCUT2D eigenvalue weighted by molar-refractivity contribution is 5.32. The highest BCUT2D eigenvalue weighted by Crippen LogP contribution is 2.55. The Bertz CT molecular complexity index is 550. The molecule has 0 saturated carbocycles. The number of aromatic nitrogens is 1. The zero-order valence-corrected chi connectivity index (χ0v) is 9.95. The predicted octanol–water partition coefficient (Wildman–Crippen LogP) is 3.41. The van der Waals surface area contributed by atoms with Gasteiger partial charge in [-0.25, -0.2) is 0 Å². The molecule has 19 heavy (non-hydrogen) atoms. The van der Waals surface area contributed by atoms with E-state index >= 15 is 0 Å². The number of alkyl halides is 3. The standard InChI is InChI=1S/C14H12F3NO/c15-14(16,17)12-13(19-12,9-11-7-4-8-18-11)10-5-2-1-3-6-10/h1-8,12,18H,9H2. The fourth-order valence-corrected chi connectivity index (χ4v) is 2.44. The summed E-state index contributed by atoms with van der Waals surface area (Å²) in [5, 5.41) is 0. The molecule has 2 heterocycles. The average Bonchev–Trinajstić information content (AvgIpc) is 2.90. The highest BCUT2D eigenvalue weighted by Gasteiger charge is 2.69. The number of hydrogen-bond donors (Lipinski definition) is 1. The van der Waals surface area contributed by atoms with E-state index in [1.807, 2.05) is 0 Å². The van der Waals surface area contributed by atoms with Gasteiger partial charge in [0.15, 0.2) is 6.10 Å². The molecule has 0 radical (unpaired) electrons. The summed E-state index contributed by atoms with van der Waals surface area (Å²) in [6.45, 7) is 0. The lowest BCUT2D eigenvalue weighted by atomic mass is 9.90. The lowest BCUT2D eigenvalue weighted by Gasteiger charge is -2.14. The number of epoxide rings is 1. The van der Waals surface area contributed by atoms with Crippen LogP contribution in [0.1, 0.15) is 11.3 Å². The molecule has 2 atom stereocenters. The summed E-state index contributed by atoms with van der Waals surface area (Å²) in [6, 6.07) is 12.1. The molecule has 0 aliphatic carbocycles. The lowest BCUT2D eigenvalue weighted by Crippen LogP contribution is -2.27. The molecule has 2 nitrogen and oxygen atoms in total. The van der Waals surface area contributed by atoms with Gasteiger partial charge in [0.1, 0.15) is 5.60 Å². The van der Waals surface area contributed by atoms with E-state index in [0.29, 0.717) is 5.56 Å². The normalized spacial score (nSPS) is 26.4. The number of aromatic amines is 1. The summed E-state index contributed by atoms with van der Waals surface area (Å²) in [5.41, 5.74) is 0.00667. The van der Waals surface area contributed by atoms with Crippen molar-refractivity contribution in [1.82, 2.24) is 4.98 Å². The second-order valence-electron chi connectivity index (χ2n) is 4.67. The van der Waals surface area contributed by atoms with Crippen LogP contribution in [0.2, 0.25) is 0 Å². The maximum absolute atomic E-state index is 12.9. The molecule has 1 fully saturated rings. The van der Waals surface area contributed by atoms with Gasteiger partial charge in [-0.05, 0) is 17.7 Å². The molecule has 1 aliphatic rings. The minimum atomic E-state index is -4.34. The number of H-pyrrole nitrogens is 1. The second-order valence-corrected chi connectivity index (χ2v) is 4.67. The first-order valence-electron chi connectivity index (χ1n) is 5.95. The van der Waals surface area contributed by atoms with Crippen molar-refractivity contribution in [2.45, 2.75) is 24.3 Å². The Labute approximate surface area is 108 Å². The summed E-state index contributed by atoms with van der Waals surface area (Å²) in [7, 11) is 0. The van der Waals surface area contributed by atoms with E-state index in [1.165, 1.54) is 0 Å². The van der Waals surface area contributed by atoms with Crippen molar-refractivity contribution in [3.8, 4) is 0 Å². The number of nitrogens with one attached hydrogen (secondary N) is 1. The van der Waals surface area contributed by atoms with Crippen molar-refractivity contribution in [1.29, 1.82) is 0 Å². The lowest BCUT2D eigenvalue weighted by molar-refractivity contribution is -0.147. The largest absolute Gasteiger partial charge is 0.417 e. The van der Waals surface area contributed by atoms with E-state index < -0.39 is 17.9 Å². The fourth-order valence-electron chi connectivity index (χ4n) is 2.44. The Hall–Kier alpha value is -1.75. The molecule has 100 valence electrons. The summed E-state index contributed by atoms with van der Waals surface area (Å²) in [6.07, 6.45) is -4.19. The molecular formula is C14H12F3NO. The second kappa shape index (κ2) is 4.13. The first-order valence-corrected chi connectivity index (χ1v) is 5.95. The molecule has 1 aromatic carbocycles. The Morgan fingerprint density at radius 1 is 1.11 bits per heavy atom. The fraction of sp³-hybridized carbons (Fsp3) is 0.286. The monoisotopic (exact) mass is 267 g/mol. The number of ether oxygens (including phenoxy) is 1. The Morgan fingerprint density at radius 3 is 2.37 bits per heavy atom. The van der Waals surface area contributed by atoms with Crippen molar-refractivity contribution in [2.75, 3.05) is 0 Å². The van der Waals surface area contributed by atoms with E-state index in [2.05, 4.69) is 4.98 Å². The van der Waals surface area contributed by atoms with Gasteiger partial charge in [-0.2, -0.15) is 13.2 Å². The Morgan fingerprint density at radius 2 is 1.84 bits per heavy atom. The Balaban J connectivity index is 1.95. The van der Waals surface area contributed by atoms with E-state index in [4.69, 9.17) is 4.74 Å². The molecule has 1 aromatic heterocycles. The van der Waals surface area contributed by atoms with Gasteiger partial charge in [0, 0.05) is 18.3 Å². The zero-order valence-electron chi connectivity index (χ0n) is 9.95. The van der Waals surface area contributed by atoms with Gasteiger partial charge in [0.2, 0.25) is 0 Å². The average molecular weight is 267 g/mol. The maximum atomic E-state index is 12.9. The molecule has 1 aliphatic heterocycles. The number of hydrogen-bond acceptors (Lipinski definition) is 1. The number of halogens is 3. The smallest absolute Gasteiger partial charge is 0.365 e. The van der Waals surface area contributed by atoms with Gasteiger partial charge in [0.25, 0.3) is 0 Å². The van der Waals surface area contributed by atoms with Crippen molar-refractivity contribution >= 4 is 0 Å². The van der Waals surface area contributed by atoms with Crippen LogP contribution in [0.25, 0.3) is 0 Å². The molecule has 3 rings (SSSR count). The van der Waals surface area contributed by atoms with Crippen LogP contribution in [-0.2, 0) is 16.8 Å². The summed E-state index contributed by atoms with van der Waals surface area (Å²) < 4.78 is 43.8. The van der Waals surface area contributed by atoms with Crippen LogP contribution in [0.15, 0.2) is 48.7 Å². The molecular weight excluding hydrogens is 255 g/mol. The molecule has 5 heteroatoms. The van der Waals surface area contributed by atoms with Crippen LogP contribution in [0.3, 0.4) is 0 Å². The molecule has 1 saturated heterocycles. The first-order chi connectivity index (χ1) is 9.02. The minimum absolute atomic E-state index is 0.189. The highest BCUT2D eigenvalue weighted by atomic mass is 19.4. The van der Waals surface area contributed by atoms with E-state index in [0.717, 1.165) is 5.69 Å². The molecule has 0 spiro atoms. The Kier molecular flexibility index (Phi) is 2.67. The van der Waals surface area contributed by atoms with Gasteiger partial charge in [-0.1, -0.05) is 30.3 Å². The molecule has 0 amide bonds.